The first-order chi connectivity index (χ1) is 11.1. The summed E-state index contributed by atoms with van der Waals surface area (Å²) in [5, 5.41) is 4.88. The first-order valence-corrected chi connectivity index (χ1v) is 8.09. The van der Waals surface area contributed by atoms with Gasteiger partial charge in [0.2, 0.25) is 0 Å². The lowest BCUT2D eigenvalue weighted by molar-refractivity contribution is 0.0909. The standard InChI is InChI=1S/C17H20ClN3O2/c1-12-15(16(18)20(2)19-12)10-21(14-8-9-14)17(22)23-11-13-6-4-3-5-7-13/h3-7,14H,8-11H2,1-2H3. The number of carbonyl (C=O) groups is 1. The molecule has 0 saturated heterocycles. The summed E-state index contributed by atoms with van der Waals surface area (Å²) < 4.78 is 7.10. The minimum atomic E-state index is -0.296. The predicted molar refractivity (Wildman–Crippen MR) is 88.1 cm³/mol. The second-order valence-electron chi connectivity index (χ2n) is 5.88. The van der Waals surface area contributed by atoms with Gasteiger partial charge in [0.1, 0.15) is 11.8 Å². The number of aromatic nitrogens is 2. The van der Waals surface area contributed by atoms with E-state index in [-0.39, 0.29) is 18.7 Å². The zero-order chi connectivity index (χ0) is 16.4. The minimum Gasteiger partial charge on any atom is -0.445 e. The third-order valence-electron chi connectivity index (χ3n) is 4.03. The maximum Gasteiger partial charge on any atom is 0.410 e. The molecule has 1 amide bonds. The molecule has 1 aromatic carbocycles. The molecule has 0 atom stereocenters. The predicted octanol–water partition coefficient (Wildman–Crippen LogP) is 3.68. The molecule has 3 rings (SSSR count). The monoisotopic (exact) mass is 333 g/mol. The fourth-order valence-electron chi connectivity index (χ4n) is 2.55. The average molecular weight is 334 g/mol. The number of hydrogen-bond acceptors (Lipinski definition) is 3. The van der Waals surface area contributed by atoms with E-state index in [1.165, 1.54) is 0 Å². The third-order valence-corrected chi connectivity index (χ3v) is 4.50. The molecule has 0 radical (unpaired) electrons. The summed E-state index contributed by atoms with van der Waals surface area (Å²) in [6.07, 6.45) is 1.73. The van der Waals surface area contributed by atoms with Gasteiger partial charge in [-0.1, -0.05) is 41.9 Å². The van der Waals surface area contributed by atoms with Crippen LogP contribution in [0.5, 0.6) is 0 Å². The molecule has 0 aliphatic heterocycles. The van der Waals surface area contributed by atoms with Gasteiger partial charge in [-0.2, -0.15) is 5.10 Å². The highest BCUT2D eigenvalue weighted by Gasteiger charge is 2.34. The highest BCUT2D eigenvalue weighted by Crippen LogP contribution is 2.31. The number of nitrogens with zero attached hydrogens (tertiary/aromatic N) is 3. The van der Waals surface area contributed by atoms with E-state index in [1.54, 1.807) is 16.6 Å². The number of benzene rings is 1. The lowest BCUT2D eigenvalue weighted by atomic mass is 10.2. The Kier molecular flexibility index (Phi) is 4.57. The summed E-state index contributed by atoms with van der Waals surface area (Å²) >= 11 is 6.28. The van der Waals surface area contributed by atoms with Crippen LogP contribution in [0.2, 0.25) is 5.15 Å². The van der Waals surface area contributed by atoms with Gasteiger partial charge >= 0.3 is 6.09 Å². The summed E-state index contributed by atoms with van der Waals surface area (Å²) in [7, 11) is 1.80. The van der Waals surface area contributed by atoms with E-state index in [9.17, 15) is 4.79 Å². The van der Waals surface area contributed by atoms with E-state index in [0.717, 1.165) is 29.7 Å². The van der Waals surface area contributed by atoms with Crippen molar-refractivity contribution in [2.24, 2.45) is 7.05 Å². The number of ether oxygens (including phenoxy) is 1. The molecule has 0 bridgehead atoms. The van der Waals surface area contributed by atoms with Gasteiger partial charge in [-0.25, -0.2) is 4.79 Å². The number of hydrogen-bond donors (Lipinski definition) is 0. The van der Waals surface area contributed by atoms with E-state index < -0.39 is 0 Å². The highest BCUT2D eigenvalue weighted by molar-refractivity contribution is 6.30. The molecule has 1 aliphatic rings. The van der Waals surface area contributed by atoms with Crippen molar-refractivity contribution in [3.8, 4) is 0 Å². The van der Waals surface area contributed by atoms with Gasteiger partial charge in [-0.3, -0.25) is 4.68 Å². The van der Waals surface area contributed by atoms with Crippen LogP contribution in [-0.4, -0.2) is 26.8 Å². The Morgan fingerprint density at radius 3 is 2.65 bits per heavy atom. The topological polar surface area (TPSA) is 47.4 Å². The van der Waals surface area contributed by atoms with Crippen LogP contribution in [0.15, 0.2) is 30.3 Å². The number of aryl methyl sites for hydroxylation is 2. The molecule has 1 fully saturated rings. The van der Waals surface area contributed by atoms with Crippen LogP contribution in [0.25, 0.3) is 0 Å². The lowest BCUT2D eigenvalue weighted by Crippen LogP contribution is -2.33. The van der Waals surface area contributed by atoms with Crippen molar-refractivity contribution in [2.75, 3.05) is 0 Å². The summed E-state index contributed by atoms with van der Waals surface area (Å²) in [5.74, 6) is 0. The largest absolute Gasteiger partial charge is 0.445 e. The second kappa shape index (κ2) is 6.62. The summed E-state index contributed by atoms with van der Waals surface area (Å²) in [6.45, 7) is 2.63. The van der Waals surface area contributed by atoms with Gasteiger partial charge in [0, 0.05) is 18.7 Å². The number of carbonyl (C=O) groups excluding carboxylic acids is 1. The smallest absolute Gasteiger partial charge is 0.410 e. The first-order valence-electron chi connectivity index (χ1n) is 7.71. The molecule has 0 spiro atoms. The molecule has 6 heteroatoms. The van der Waals surface area contributed by atoms with Crippen LogP contribution in [0.3, 0.4) is 0 Å². The van der Waals surface area contributed by atoms with Gasteiger partial charge in [-0.05, 0) is 25.3 Å². The van der Waals surface area contributed by atoms with Crippen LogP contribution in [0.4, 0.5) is 4.79 Å². The van der Waals surface area contributed by atoms with Crippen LogP contribution in [-0.2, 0) is 24.9 Å². The Hall–Kier alpha value is -2.01. The Morgan fingerprint density at radius 2 is 2.09 bits per heavy atom. The molecule has 1 aliphatic carbocycles. The van der Waals surface area contributed by atoms with Crippen LogP contribution in [0, 0.1) is 6.92 Å². The molecule has 1 saturated carbocycles. The number of halogens is 1. The first kappa shape index (κ1) is 15.9. The quantitative estimate of drug-likeness (QED) is 0.838. The third kappa shape index (κ3) is 3.67. The number of rotatable bonds is 5. The fraction of sp³-hybridized carbons (Fsp3) is 0.412. The van der Waals surface area contributed by atoms with Gasteiger partial charge in [0.25, 0.3) is 0 Å². The van der Waals surface area contributed by atoms with E-state index >= 15 is 0 Å². The summed E-state index contributed by atoms with van der Waals surface area (Å²) in [4.78, 5) is 14.2. The van der Waals surface area contributed by atoms with Crippen LogP contribution < -0.4 is 0 Å². The molecule has 1 heterocycles. The maximum absolute atomic E-state index is 12.5. The van der Waals surface area contributed by atoms with Crippen molar-refractivity contribution >= 4 is 17.7 Å². The Morgan fingerprint density at radius 1 is 1.39 bits per heavy atom. The van der Waals surface area contributed by atoms with Gasteiger partial charge in [0.15, 0.2) is 0 Å². The fourth-order valence-corrected chi connectivity index (χ4v) is 2.79. The van der Waals surface area contributed by atoms with Crippen molar-refractivity contribution in [1.82, 2.24) is 14.7 Å². The molecular weight excluding hydrogens is 314 g/mol. The molecule has 23 heavy (non-hydrogen) atoms. The minimum absolute atomic E-state index is 0.244. The van der Waals surface area contributed by atoms with Crippen molar-refractivity contribution in [2.45, 2.75) is 39.0 Å². The Labute approximate surface area is 140 Å². The summed E-state index contributed by atoms with van der Waals surface area (Å²) in [6, 6.07) is 9.93. The van der Waals surface area contributed by atoms with E-state index in [4.69, 9.17) is 16.3 Å². The van der Waals surface area contributed by atoms with E-state index in [0.29, 0.717) is 11.7 Å². The van der Waals surface area contributed by atoms with Crippen molar-refractivity contribution in [3.05, 3.63) is 52.3 Å². The lowest BCUT2D eigenvalue weighted by Gasteiger charge is -2.22. The summed E-state index contributed by atoms with van der Waals surface area (Å²) in [5.41, 5.74) is 2.71. The van der Waals surface area contributed by atoms with Gasteiger partial charge < -0.3 is 9.64 Å². The molecule has 5 nitrogen and oxygen atoms in total. The highest BCUT2D eigenvalue weighted by atomic mass is 35.5. The molecule has 122 valence electrons. The molecule has 2 aromatic rings. The van der Waals surface area contributed by atoms with E-state index in [1.807, 2.05) is 37.3 Å². The van der Waals surface area contributed by atoms with Gasteiger partial charge in [-0.15, -0.1) is 0 Å². The molecular formula is C17H20ClN3O2. The average Bonchev–Trinajstić information content (AvgIpc) is 3.35. The molecule has 0 N–H and O–H groups in total. The number of amides is 1. The van der Waals surface area contributed by atoms with Crippen LogP contribution in [0.1, 0.15) is 29.7 Å². The maximum atomic E-state index is 12.5. The Bertz CT molecular complexity index is 695. The Balaban J connectivity index is 1.68. The normalized spacial score (nSPS) is 13.9. The van der Waals surface area contributed by atoms with Crippen LogP contribution >= 0.6 is 11.6 Å². The van der Waals surface area contributed by atoms with Gasteiger partial charge in [0.05, 0.1) is 12.2 Å². The molecule has 0 unspecified atom stereocenters. The van der Waals surface area contributed by atoms with Crippen molar-refractivity contribution < 1.29 is 9.53 Å². The van der Waals surface area contributed by atoms with E-state index in [2.05, 4.69) is 5.10 Å². The molecule has 1 aromatic heterocycles. The second-order valence-corrected chi connectivity index (χ2v) is 6.24. The van der Waals surface area contributed by atoms with Crippen molar-refractivity contribution in [1.29, 1.82) is 0 Å². The SMILES string of the molecule is Cc1nn(C)c(Cl)c1CN(C(=O)OCc1ccccc1)C1CC1. The zero-order valence-electron chi connectivity index (χ0n) is 13.3. The van der Waals surface area contributed by atoms with Crippen molar-refractivity contribution in [3.63, 3.8) is 0 Å². The zero-order valence-corrected chi connectivity index (χ0v) is 14.1.